The van der Waals surface area contributed by atoms with Gasteiger partial charge < -0.3 is 10.5 Å². The zero-order valence-electron chi connectivity index (χ0n) is 11.0. The third-order valence-electron chi connectivity index (χ3n) is 2.67. The fraction of sp³-hybridized carbons (Fsp3) is 0.125. The molecule has 0 bridgehead atoms. The number of hydrogen-bond acceptors (Lipinski definition) is 2. The highest BCUT2D eigenvalue weighted by atomic mass is 35.5. The van der Waals surface area contributed by atoms with E-state index in [1.807, 2.05) is 0 Å². The zero-order valence-corrected chi connectivity index (χ0v) is 11.8. The number of rotatable bonds is 3. The maximum absolute atomic E-state index is 13.3. The van der Waals surface area contributed by atoms with Crippen molar-refractivity contribution in [2.75, 3.05) is 6.54 Å². The summed E-state index contributed by atoms with van der Waals surface area (Å²) in [6, 6.07) is 8.03. The van der Waals surface area contributed by atoms with Gasteiger partial charge in [0.1, 0.15) is 24.0 Å². The molecule has 0 fully saturated rings. The summed E-state index contributed by atoms with van der Waals surface area (Å²) in [4.78, 5) is 0. The van der Waals surface area contributed by atoms with Gasteiger partial charge in [0.05, 0.1) is 17.1 Å². The van der Waals surface area contributed by atoms with Crippen molar-refractivity contribution in [2.24, 2.45) is 5.73 Å². The summed E-state index contributed by atoms with van der Waals surface area (Å²) < 4.78 is 31.8. The first-order valence-electron chi connectivity index (χ1n) is 6.15. The summed E-state index contributed by atoms with van der Waals surface area (Å²) in [7, 11) is 0. The predicted octanol–water partition coefficient (Wildman–Crippen LogP) is 3.51. The van der Waals surface area contributed by atoms with Gasteiger partial charge in [-0.15, -0.1) is 0 Å². The molecule has 21 heavy (non-hydrogen) atoms. The molecule has 2 aromatic carbocycles. The van der Waals surface area contributed by atoms with E-state index in [1.165, 1.54) is 36.4 Å². The molecule has 0 heterocycles. The van der Waals surface area contributed by atoms with Crippen molar-refractivity contribution in [3.8, 4) is 17.6 Å². The molecule has 2 N–H and O–H groups in total. The highest BCUT2D eigenvalue weighted by Crippen LogP contribution is 2.23. The van der Waals surface area contributed by atoms with Crippen molar-refractivity contribution >= 4 is 11.6 Å². The summed E-state index contributed by atoms with van der Waals surface area (Å²) >= 11 is 5.91. The Balaban J connectivity index is 2.20. The number of benzene rings is 2. The maximum Gasteiger partial charge on any atom is 0.138 e. The van der Waals surface area contributed by atoms with Crippen molar-refractivity contribution in [1.29, 1.82) is 0 Å². The molecule has 0 saturated carbocycles. The summed E-state index contributed by atoms with van der Waals surface area (Å²) in [5, 5.41) is 0.251. The molecular weight excluding hydrogens is 296 g/mol. The van der Waals surface area contributed by atoms with Crippen molar-refractivity contribution in [2.45, 2.75) is 6.61 Å². The van der Waals surface area contributed by atoms with E-state index in [2.05, 4.69) is 11.8 Å². The highest BCUT2D eigenvalue weighted by Gasteiger charge is 2.07. The quantitative estimate of drug-likeness (QED) is 0.881. The minimum Gasteiger partial charge on any atom is -0.487 e. The molecule has 2 rings (SSSR count). The Kier molecular flexibility index (Phi) is 5.15. The first kappa shape index (κ1) is 15.3. The van der Waals surface area contributed by atoms with Crippen LogP contribution in [0.4, 0.5) is 8.78 Å². The van der Waals surface area contributed by atoms with Crippen LogP contribution in [0.2, 0.25) is 5.02 Å². The van der Waals surface area contributed by atoms with Crippen LogP contribution in [0.1, 0.15) is 11.1 Å². The summed E-state index contributed by atoms with van der Waals surface area (Å²) in [5.41, 5.74) is 6.44. The maximum atomic E-state index is 13.3. The number of ether oxygens (including phenoxy) is 1. The molecule has 2 aromatic rings. The first-order chi connectivity index (χ1) is 10.1. The van der Waals surface area contributed by atoms with Gasteiger partial charge in [0.25, 0.3) is 0 Å². The lowest BCUT2D eigenvalue weighted by Crippen LogP contribution is -1.99. The Labute approximate surface area is 126 Å². The van der Waals surface area contributed by atoms with E-state index in [4.69, 9.17) is 22.1 Å². The SMILES string of the molecule is NCC#Cc1ccc(F)cc1OCc1ccc(F)cc1Cl. The fourth-order valence-electron chi connectivity index (χ4n) is 1.66. The lowest BCUT2D eigenvalue weighted by molar-refractivity contribution is 0.303. The summed E-state index contributed by atoms with van der Waals surface area (Å²) in [6.45, 7) is 0.278. The van der Waals surface area contributed by atoms with Gasteiger partial charge in [-0.3, -0.25) is 0 Å². The van der Waals surface area contributed by atoms with Crippen molar-refractivity contribution in [1.82, 2.24) is 0 Å². The van der Waals surface area contributed by atoms with Crippen LogP contribution in [0.3, 0.4) is 0 Å². The van der Waals surface area contributed by atoms with E-state index in [0.717, 1.165) is 0 Å². The van der Waals surface area contributed by atoms with E-state index >= 15 is 0 Å². The fourth-order valence-corrected chi connectivity index (χ4v) is 1.88. The van der Waals surface area contributed by atoms with E-state index in [1.54, 1.807) is 0 Å². The summed E-state index contributed by atoms with van der Waals surface area (Å²) in [6.07, 6.45) is 0. The average Bonchev–Trinajstić information content (AvgIpc) is 2.45. The Morgan fingerprint density at radius 3 is 2.52 bits per heavy atom. The molecule has 0 radical (unpaired) electrons. The third kappa shape index (κ3) is 4.19. The number of halogens is 3. The molecule has 0 aliphatic heterocycles. The minimum atomic E-state index is -0.437. The first-order valence-corrected chi connectivity index (χ1v) is 6.53. The van der Waals surface area contributed by atoms with Gasteiger partial charge in [-0.1, -0.05) is 29.5 Å². The normalized spacial score (nSPS) is 9.90. The number of nitrogens with two attached hydrogens (primary N) is 1. The Morgan fingerprint density at radius 1 is 1.10 bits per heavy atom. The lowest BCUT2D eigenvalue weighted by atomic mass is 10.2. The third-order valence-corrected chi connectivity index (χ3v) is 3.02. The van der Waals surface area contributed by atoms with Gasteiger partial charge in [-0.05, 0) is 24.3 Å². The topological polar surface area (TPSA) is 35.2 Å². The van der Waals surface area contributed by atoms with Crippen molar-refractivity contribution in [3.05, 3.63) is 64.2 Å². The van der Waals surface area contributed by atoms with Gasteiger partial charge in [-0.25, -0.2) is 8.78 Å². The Bertz CT molecular complexity index is 707. The molecule has 108 valence electrons. The van der Waals surface area contributed by atoms with E-state index in [9.17, 15) is 8.78 Å². The zero-order chi connectivity index (χ0) is 15.2. The van der Waals surface area contributed by atoms with Crippen LogP contribution >= 0.6 is 11.6 Å². The standard InChI is InChI=1S/C16H12ClF2NO/c17-15-8-13(18)6-4-12(15)10-21-16-9-14(19)5-3-11(16)2-1-7-20/h3-6,8-9H,7,10,20H2. The molecular formula is C16H12ClF2NO. The molecule has 2 nitrogen and oxygen atoms in total. The van der Waals surface area contributed by atoms with Crippen LogP contribution < -0.4 is 10.5 Å². The number of hydrogen-bond donors (Lipinski definition) is 1. The predicted molar refractivity (Wildman–Crippen MR) is 78.1 cm³/mol. The highest BCUT2D eigenvalue weighted by molar-refractivity contribution is 6.31. The van der Waals surface area contributed by atoms with Gasteiger partial charge >= 0.3 is 0 Å². The molecule has 0 saturated heterocycles. The molecule has 0 atom stereocenters. The molecule has 5 heteroatoms. The average molecular weight is 308 g/mol. The van der Waals surface area contributed by atoms with Crippen LogP contribution in [-0.4, -0.2) is 6.54 Å². The van der Waals surface area contributed by atoms with Crippen LogP contribution in [0.15, 0.2) is 36.4 Å². The Morgan fingerprint density at radius 2 is 1.81 bits per heavy atom. The van der Waals surface area contributed by atoms with E-state index in [-0.39, 0.29) is 23.9 Å². The molecule has 0 aromatic heterocycles. The molecule has 0 aliphatic rings. The van der Waals surface area contributed by atoms with Gasteiger partial charge in [0.15, 0.2) is 0 Å². The second-order valence-electron chi connectivity index (χ2n) is 4.17. The minimum absolute atomic E-state index is 0.0832. The van der Waals surface area contributed by atoms with Crippen LogP contribution in [0, 0.1) is 23.5 Å². The molecule has 0 aliphatic carbocycles. The largest absolute Gasteiger partial charge is 0.487 e. The van der Waals surface area contributed by atoms with Crippen molar-refractivity contribution < 1.29 is 13.5 Å². The van der Waals surface area contributed by atoms with Crippen LogP contribution in [-0.2, 0) is 6.61 Å². The monoisotopic (exact) mass is 307 g/mol. The van der Waals surface area contributed by atoms with Gasteiger partial charge in [0.2, 0.25) is 0 Å². The summed E-state index contributed by atoms with van der Waals surface area (Å²) in [5.74, 6) is 4.91. The van der Waals surface area contributed by atoms with Gasteiger partial charge in [0, 0.05) is 11.6 Å². The van der Waals surface area contributed by atoms with E-state index in [0.29, 0.717) is 11.1 Å². The smallest absolute Gasteiger partial charge is 0.138 e. The molecule has 0 amide bonds. The van der Waals surface area contributed by atoms with Crippen molar-refractivity contribution in [3.63, 3.8) is 0 Å². The molecule has 0 unspecified atom stereocenters. The van der Waals surface area contributed by atoms with Crippen LogP contribution in [0.25, 0.3) is 0 Å². The van der Waals surface area contributed by atoms with E-state index < -0.39 is 11.6 Å². The lowest BCUT2D eigenvalue weighted by Gasteiger charge is -2.10. The molecule has 0 spiro atoms. The van der Waals surface area contributed by atoms with Gasteiger partial charge in [-0.2, -0.15) is 0 Å². The second-order valence-corrected chi connectivity index (χ2v) is 4.58. The Hall–Kier alpha value is -2.09. The second kappa shape index (κ2) is 7.07. The van der Waals surface area contributed by atoms with Crippen LogP contribution in [0.5, 0.6) is 5.75 Å².